The molecule has 4 heteroatoms. The van der Waals surface area contributed by atoms with Gasteiger partial charge in [-0.2, -0.15) is 0 Å². The molecule has 0 radical (unpaired) electrons. The van der Waals surface area contributed by atoms with Crippen molar-refractivity contribution in [3.8, 4) is 11.5 Å². The van der Waals surface area contributed by atoms with E-state index in [4.69, 9.17) is 4.74 Å². The molecule has 0 unspecified atom stereocenters. The second-order valence-corrected chi connectivity index (χ2v) is 4.82. The molecule has 1 atom stereocenters. The van der Waals surface area contributed by atoms with Gasteiger partial charge in [-0.3, -0.25) is 0 Å². The Morgan fingerprint density at radius 1 is 1.47 bits per heavy atom. The Morgan fingerprint density at radius 3 is 2.71 bits per heavy atom. The van der Waals surface area contributed by atoms with Crippen molar-refractivity contribution in [3.63, 3.8) is 0 Å². The Bertz CT molecular complexity index is 402. The van der Waals surface area contributed by atoms with Crippen molar-refractivity contribution in [2.24, 2.45) is 5.41 Å². The van der Waals surface area contributed by atoms with Crippen LogP contribution in [0.5, 0.6) is 11.5 Å². The summed E-state index contributed by atoms with van der Waals surface area (Å²) in [5.74, 6) is 0.193. The number of hydrogen-bond donors (Lipinski definition) is 2. The van der Waals surface area contributed by atoms with Gasteiger partial charge in [0.15, 0.2) is 11.5 Å². The van der Waals surface area contributed by atoms with Crippen LogP contribution < -0.4 is 4.74 Å². The number of benzene rings is 1. The molecule has 0 aliphatic heterocycles. The highest BCUT2D eigenvalue weighted by Crippen LogP contribution is 2.54. The first kappa shape index (κ1) is 12.2. The Hall–Kier alpha value is -1.29. The van der Waals surface area contributed by atoms with Crippen LogP contribution in [0, 0.1) is 5.41 Å². The molecular weight excluding hydrogens is 223 g/mol. The van der Waals surface area contributed by atoms with Gasteiger partial charge in [0.25, 0.3) is 0 Å². The van der Waals surface area contributed by atoms with E-state index in [1.54, 1.807) is 12.1 Å². The topological polar surface area (TPSA) is 49.7 Å². The van der Waals surface area contributed by atoms with Crippen LogP contribution in [0.4, 0.5) is 4.39 Å². The average Bonchev–Trinajstić information content (AvgIpc) is 3.06. The summed E-state index contributed by atoms with van der Waals surface area (Å²) < 4.78 is 17.0. The summed E-state index contributed by atoms with van der Waals surface area (Å²) in [6, 6.07) is 4.76. The monoisotopic (exact) mass is 240 g/mol. The average molecular weight is 240 g/mol. The first-order valence-electron chi connectivity index (χ1n) is 5.76. The maximum Gasteiger partial charge on any atom is 0.161 e. The number of halogens is 1. The van der Waals surface area contributed by atoms with Crippen molar-refractivity contribution in [1.29, 1.82) is 0 Å². The van der Waals surface area contributed by atoms with Crippen LogP contribution in [0.15, 0.2) is 18.2 Å². The van der Waals surface area contributed by atoms with Crippen LogP contribution >= 0.6 is 0 Å². The largest absolute Gasteiger partial charge is 0.504 e. The third kappa shape index (κ3) is 2.52. The standard InChI is InChI=1S/C13H17FO3/c1-13(4-5-13)12(16)9-2-3-11(10(15)8-9)17-7-6-14/h2-3,8,12,15-16H,4-7H2,1H3/t12-/m1/s1. The molecule has 3 nitrogen and oxygen atoms in total. The van der Waals surface area contributed by atoms with Gasteiger partial charge in [0.05, 0.1) is 6.10 Å². The molecule has 1 aliphatic rings. The lowest BCUT2D eigenvalue weighted by molar-refractivity contribution is 0.103. The molecule has 94 valence electrons. The summed E-state index contributed by atoms with van der Waals surface area (Å²) in [7, 11) is 0. The first-order chi connectivity index (χ1) is 8.07. The fourth-order valence-corrected chi connectivity index (χ4v) is 1.85. The first-order valence-corrected chi connectivity index (χ1v) is 5.76. The molecule has 2 N–H and O–H groups in total. The number of aliphatic hydroxyl groups is 1. The summed E-state index contributed by atoms with van der Waals surface area (Å²) in [6.45, 7) is 1.34. The van der Waals surface area contributed by atoms with Crippen LogP contribution in [0.3, 0.4) is 0 Å². The molecular formula is C13H17FO3. The van der Waals surface area contributed by atoms with Crippen molar-refractivity contribution in [2.45, 2.75) is 25.9 Å². The fraction of sp³-hybridized carbons (Fsp3) is 0.538. The van der Waals surface area contributed by atoms with Crippen LogP contribution in [0.2, 0.25) is 0 Å². The Kier molecular flexibility index (Phi) is 3.24. The molecule has 17 heavy (non-hydrogen) atoms. The lowest BCUT2D eigenvalue weighted by atomic mass is 9.94. The third-order valence-corrected chi connectivity index (χ3v) is 3.33. The summed E-state index contributed by atoms with van der Waals surface area (Å²) in [5.41, 5.74) is 0.614. The highest BCUT2D eigenvalue weighted by molar-refractivity contribution is 5.43. The number of phenolic OH excluding ortho intramolecular Hbond substituents is 1. The van der Waals surface area contributed by atoms with Gasteiger partial charge < -0.3 is 14.9 Å². The van der Waals surface area contributed by atoms with E-state index in [2.05, 4.69) is 0 Å². The SMILES string of the molecule is CC1([C@H](O)c2ccc(OCCF)c(O)c2)CC1. The summed E-state index contributed by atoms with van der Waals surface area (Å²) in [5, 5.41) is 19.8. The van der Waals surface area contributed by atoms with E-state index in [0.29, 0.717) is 5.56 Å². The molecule has 0 spiro atoms. The van der Waals surface area contributed by atoms with Crippen molar-refractivity contribution >= 4 is 0 Å². The van der Waals surface area contributed by atoms with Crippen molar-refractivity contribution in [1.82, 2.24) is 0 Å². The maximum absolute atomic E-state index is 11.9. The number of aromatic hydroxyl groups is 1. The van der Waals surface area contributed by atoms with E-state index in [1.807, 2.05) is 6.92 Å². The zero-order valence-electron chi connectivity index (χ0n) is 9.82. The minimum Gasteiger partial charge on any atom is -0.504 e. The van der Waals surface area contributed by atoms with Gasteiger partial charge >= 0.3 is 0 Å². The number of rotatable bonds is 5. The van der Waals surface area contributed by atoms with E-state index < -0.39 is 12.8 Å². The summed E-state index contributed by atoms with van der Waals surface area (Å²) in [6.07, 6.45) is 1.42. The molecule has 0 aromatic heterocycles. The van der Waals surface area contributed by atoms with Gasteiger partial charge in [0.2, 0.25) is 0 Å². The maximum atomic E-state index is 11.9. The molecule has 0 bridgehead atoms. The van der Waals surface area contributed by atoms with E-state index in [0.717, 1.165) is 12.8 Å². The van der Waals surface area contributed by atoms with Crippen LogP contribution in [0.1, 0.15) is 31.4 Å². The fourth-order valence-electron chi connectivity index (χ4n) is 1.85. The molecule has 1 aromatic rings. The van der Waals surface area contributed by atoms with Gasteiger partial charge in [-0.1, -0.05) is 13.0 Å². The number of aliphatic hydroxyl groups excluding tert-OH is 1. The minimum absolute atomic E-state index is 0.0562. The molecule has 0 heterocycles. The normalized spacial score (nSPS) is 18.8. The van der Waals surface area contributed by atoms with Gasteiger partial charge in [-0.05, 0) is 36.0 Å². The smallest absolute Gasteiger partial charge is 0.161 e. The highest BCUT2D eigenvalue weighted by Gasteiger charge is 2.44. The zero-order chi connectivity index (χ0) is 12.5. The van der Waals surface area contributed by atoms with Gasteiger partial charge in [0.1, 0.15) is 13.3 Å². The predicted molar refractivity (Wildman–Crippen MR) is 61.9 cm³/mol. The van der Waals surface area contributed by atoms with E-state index in [1.165, 1.54) is 6.07 Å². The summed E-state index contributed by atoms with van der Waals surface area (Å²) >= 11 is 0. The van der Waals surface area contributed by atoms with Crippen LogP contribution in [0.25, 0.3) is 0 Å². The van der Waals surface area contributed by atoms with Gasteiger partial charge in [-0.15, -0.1) is 0 Å². The van der Waals surface area contributed by atoms with Crippen molar-refractivity contribution < 1.29 is 19.3 Å². The second kappa shape index (κ2) is 4.53. The van der Waals surface area contributed by atoms with Crippen LogP contribution in [-0.4, -0.2) is 23.5 Å². The lowest BCUT2D eigenvalue weighted by Gasteiger charge is -2.18. The Labute approximate surface area is 99.8 Å². The minimum atomic E-state index is -0.595. The second-order valence-electron chi connectivity index (χ2n) is 4.82. The predicted octanol–water partition coefficient (Wildman–Crippen LogP) is 2.57. The molecule has 0 amide bonds. The highest BCUT2D eigenvalue weighted by atomic mass is 19.1. The van der Waals surface area contributed by atoms with Crippen LogP contribution in [-0.2, 0) is 0 Å². The quantitative estimate of drug-likeness (QED) is 0.831. The van der Waals surface area contributed by atoms with E-state index in [-0.39, 0.29) is 23.5 Å². The van der Waals surface area contributed by atoms with Gasteiger partial charge in [0, 0.05) is 0 Å². The van der Waals surface area contributed by atoms with Gasteiger partial charge in [-0.25, -0.2) is 4.39 Å². The van der Waals surface area contributed by atoms with E-state index >= 15 is 0 Å². The molecule has 2 rings (SSSR count). The number of hydrogen-bond acceptors (Lipinski definition) is 3. The Balaban J connectivity index is 2.13. The third-order valence-electron chi connectivity index (χ3n) is 3.33. The van der Waals surface area contributed by atoms with Crippen molar-refractivity contribution in [3.05, 3.63) is 23.8 Å². The Morgan fingerprint density at radius 2 is 2.18 bits per heavy atom. The van der Waals surface area contributed by atoms with Crippen molar-refractivity contribution in [2.75, 3.05) is 13.3 Å². The molecule has 1 aliphatic carbocycles. The number of phenols is 1. The molecule has 1 saturated carbocycles. The lowest BCUT2D eigenvalue weighted by Crippen LogP contribution is -2.09. The summed E-state index contributed by atoms with van der Waals surface area (Å²) in [4.78, 5) is 0. The molecule has 0 saturated heterocycles. The molecule has 1 aromatic carbocycles. The van der Waals surface area contributed by atoms with E-state index in [9.17, 15) is 14.6 Å². The molecule has 1 fully saturated rings. The number of alkyl halides is 1. The number of ether oxygens (including phenoxy) is 1. The zero-order valence-corrected chi connectivity index (χ0v) is 9.82.